The van der Waals surface area contributed by atoms with E-state index in [2.05, 4.69) is 11.1 Å². The molecule has 0 aliphatic heterocycles. The number of rotatable bonds is 15. The summed E-state index contributed by atoms with van der Waals surface area (Å²) in [6.45, 7) is 4.04. The SMILES string of the molecule is CCCCCCCCCCCCOC(=O)C(CC)OS(=O)(=O)O.[H-].[Na+]. The predicted molar refractivity (Wildman–Crippen MR) is 90.6 cm³/mol. The molecule has 0 saturated heterocycles. The van der Waals surface area contributed by atoms with Crippen molar-refractivity contribution in [2.45, 2.75) is 90.6 Å². The standard InChI is InChI=1S/C16H32O6S.Na.H/c1-3-5-6-7-8-9-10-11-12-13-14-21-16(17)15(4-2)22-23(18,19)20;;/h15H,3-14H2,1-2H3,(H,18,19,20);;/q;+1;-1. The first-order chi connectivity index (χ1) is 10.9. The summed E-state index contributed by atoms with van der Waals surface area (Å²) in [4.78, 5) is 11.6. The third-order valence-electron chi connectivity index (χ3n) is 3.61. The van der Waals surface area contributed by atoms with E-state index in [4.69, 9.17) is 9.29 Å². The molecule has 1 N–H and O–H groups in total. The second-order valence-corrected chi connectivity index (χ2v) is 6.82. The quantitative estimate of drug-likeness (QED) is 0.200. The zero-order valence-electron chi connectivity index (χ0n) is 16.5. The minimum absolute atomic E-state index is 0. The molecule has 1 unspecified atom stereocenters. The van der Waals surface area contributed by atoms with Gasteiger partial charge in [-0.15, -0.1) is 0 Å². The van der Waals surface area contributed by atoms with Gasteiger partial charge in [-0.3, -0.25) is 4.55 Å². The van der Waals surface area contributed by atoms with Gasteiger partial charge < -0.3 is 6.16 Å². The molecule has 0 spiro atoms. The molecule has 0 aromatic heterocycles. The molecule has 0 fully saturated rings. The summed E-state index contributed by atoms with van der Waals surface area (Å²) in [6.07, 6.45) is 10.7. The minimum Gasteiger partial charge on any atom is -1.00 e. The molecule has 0 aromatic rings. The van der Waals surface area contributed by atoms with Crippen LogP contribution in [0.25, 0.3) is 0 Å². The van der Waals surface area contributed by atoms with Crippen molar-refractivity contribution in [1.29, 1.82) is 0 Å². The topological polar surface area (TPSA) is 89.9 Å². The van der Waals surface area contributed by atoms with Crippen molar-refractivity contribution in [2.24, 2.45) is 0 Å². The number of esters is 1. The van der Waals surface area contributed by atoms with Crippen LogP contribution < -0.4 is 29.6 Å². The van der Waals surface area contributed by atoms with Crippen LogP contribution in [0.3, 0.4) is 0 Å². The molecule has 140 valence electrons. The summed E-state index contributed by atoms with van der Waals surface area (Å²) in [5.41, 5.74) is 0. The van der Waals surface area contributed by atoms with Gasteiger partial charge >= 0.3 is 45.9 Å². The number of carbonyl (C=O) groups is 1. The molecular weight excluding hydrogens is 343 g/mol. The molecular formula is C16H33NaO6S. The summed E-state index contributed by atoms with van der Waals surface area (Å²) in [5.74, 6) is -0.749. The molecule has 0 saturated carbocycles. The monoisotopic (exact) mass is 376 g/mol. The molecule has 0 aliphatic carbocycles. The van der Waals surface area contributed by atoms with Crippen molar-refractivity contribution in [1.82, 2.24) is 0 Å². The van der Waals surface area contributed by atoms with Crippen molar-refractivity contribution in [3.8, 4) is 0 Å². The first kappa shape index (κ1) is 26.6. The molecule has 8 heteroatoms. The number of ether oxygens (including phenoxy) is 1. The fraction of sp³-hybridized carbons (Fsp3) is 0.938. The van der Waals surface area contributed by atoms with Gasteiger partial charge in [0.2, 0.25) is 0 Å². The van der Waals surface area contributed by atoms with Gasteiger partial charge in [0, 0.05) is 0 Å². The summed E-state index contributed by atoms with van der Waals surface area (Å²) < 4.78 is 39.0. The van der Waals surface area contributed by atoms with Crippen molar-refractivity contribution in [3.63, 3.8) is 0 Å². The molecule has 6 nitrogen and oxygen atoms in total. The van der Waals surface area contributed by atoms with Gasteiger partial charge in [-0.05, 0) is 12.8 Å². The van der Waals surface area contributed by atoms with E-state index >= 15 is 0 Å². The number of hydrogen-bond acceptors (Lipinski definition) is 5. The van der Waals surface area contributed by atoms with Crippen LogP contribution in [0.1, 0.15) is 85.9 Å². The maximum absolute atomic E-state index is 11.6. The van der Waals surface area contributed by atoms with Crippen molar-refractivity contribution >= 4 is 16.4 Å². The third kappa shape index (κ3) is 17.2. The fourth-order valence-corrected chi connectivity index (χ4v) is 2.78. The number of carbonyl (C=O) groups excluding carboxylic acids is 1. The second kappa shape index (κ2) is 16.8. The molecule has 0 rings (SSSR count). The van der Waals surface area contributed by atoms with E-state index in [0.717, 1.165) is 19.3 Å². The normalized spacial score (nSPS) is 12.5. The van der Waals surface area contributed by atoms with Crippen LogP contribution in [0.2, 0.25) is 0 Å². The van der Waals surface area contributed by atoms with Gasteiger partial charge in [0.15, 0.2) is 6.10 Å². The average molecular weight is 376 g/mol. The Kier molecular flexibility index (Phi) is 18.6. The molecule has 1 atom stereocenters. The maximum Gasteiger partial charge on any atom is 1.00 e. The van der Waals surface area contributed by atoms with E-state index in [1.54, 1.807) is 6.92 Å². The van der Waals surface area contributed by atoms with E-state index in [1.165, 1.54) is 44.9 Å². The van der Waals surface area contributed by atoms with Crippen LogP contribution in [0.4, 0.5) is 0 Å². The van der Waals surface area contributed by atoms with E-state index in [-0.39, 0.29) is 44.0 Å². The van der Waals surface area contributed by atoms with Gasteiger partial charge in [0.1, 0.15) is 0 Å². The Morgan fingerprint density at radius 2 is 1.42 bits per heavy atom. The van der Waals surface area contributed by atoms with E-state index < -0.39 is 22.5 Å². The van der Waals surface area contributed by atoms with Crippen molar-refractivity contribution in [2.75, 3.05) is 6.61 Å². The van der Waals surface area contributed by atoms with Gasteiger partial charge in [0.25, 0.3) is 0 Å². The Balaban J connectivity index is -0.00000242. The Bertz CT molecular complexity index is 405. The molecule has 0 radical (unpaired) electrons. The van der Waals surface area contributed by atoms with Gasteiger partial charge in [-0.1, -0.05) is 71.6 Å². The zero-order valence-corrected chi connectivity index (χ0v) is 18.3. The van der Waals surface area contributed by atoms with E-state index in [9.17, 15) is 13.2 Å². The first-order valence-electron chi connectivity index (χ1n) is 8.73. The smallest absolute Gasteiger partial charge is 1.00 e. The van der Waals surface area contributed by atoms with Gasteiger partial charge in [0.05, 0.1) is 6.61 Å². The number of unbranched alkanes of at least 4 members (excludes halogenated alkanes) is 9. The molecule has 0 heterocycles. The number of hydrogen-bond donors (Lipinski definition) is 1. The van der Waals surface area contributed by atoms with E-state index in [0.29, 0.717) is 0 Å². The fourth-order valence-electron chi connectivity index (χ4n) is 2.28. The van der Waals surface area contributed by atoms with Crippen LogP contribution in [-0.2, 0) is 24.1 Å². The first-order valence-corrected chi connectivity index (χ1v) is 10.1. The van der Waals surface area contributed by atoms with Crippen molar-refractivity contribution < 1.29 is 57.7 Å². The van der Waals surface area contributed by atoms with E-state index in [1.807, 2.05) is 0 Å². The Hall–Kier alpha value is 0.340. The van der Waals surface area contributed by atoms with Crippen LogP contribution in [0.15, 0.2) is 0 Å². The summed E-state index contributed by atoms with van der Waals surface area (Å²) >= 11 is 0. The van der Waals surface area contributed by atoms with Crippen molar-refractivity contribution in [3.05, 3.63) is 0 Å². The largest absolute Gasteiger partial charge is 1.00 e. The second-order valence-electron chi connectivity index (χ2n) is 5.77. The molecule has 0 aromatic carbocycles. The van der Waals surface area contributed by atoms with Crippen LogP contribution >= 0.6 is 0 Å². The Labute approximate surface area is 170 Å². The van der Waals surface area contributed by atoms with Crippen LogP contribution in [-0.4, -0.2) is 31.7 Å². The third-order valence-corrected chi connectivity index (χ3v) is 4.09. The molecule has 0 amide bonds. The minimum atomic E-state index is -4.64. The molecule has 24 heavy (non-hydrogen) atoms. The summed E-state index contributed by atoms with van der Waals surface area (Å²) in [6, 6.07) is 0. The van der Waals surface area contributed by atoms with Gasteiger partial charge in [-0.2, -0.15) is 8.42 Å². The Morgan fingerprint density at radius 1 is 0.958 bits per heavy atom. The van der Waals surface area contributed by atoms with Crippen LogP contribution in [0.5, 0.6) is 0 Å². The van der Waals surface area contributed by atoms with Crippen LogP contribution in [0, 0.1) is 0 Å². The molecule has 0 aliphatic rings. The van der Waals surface area contributed by atoms with Gasteiger partial charge in [-0.25, -0.2) is 8.98 Å². The summed E-state index contributed by atoms with van der Waals surface area (Å²) in [7, 11) is -4.64. The maximum atomic E-state index is 11.6. The molecule has 0 bridgehead atoms. The summed E-state index contributed by atoms with van der Waals surface area (Å²) in [5, 5.41) is 0. The zero-order chi connectivity index (χ0) is 17.6. The predicted octanol–water partition coefficient (Wildman–Crippen LogP) is 1.17. The average Bonchev–Trinajstić information content (AvgIpc) is 2.49. The Morgan fingerprint density at radius 3 is 1.83 bits per heavy atom.